The molecule has 1 aromatic rings. The number of aromatic nitrogens is 2. The summed E-state index contributed by atoms with van der Waals surface area (Å²) in [7, 11) is 1.99. The first-order valence-corrected chi connectivity index (χ1v) is 9.98. The lowest BCUT2D eigenvalue weighted by atomic mass is 10.0. The van der Waals surface area contributed by atoms with Crippen molar-refractivity contribution in [3.63, 3.8) is 0 Å². The van der Waals surface area contributed by atoms with Crippen LogP contribution >= 0.6 is 24.0 Å². The average molecular weight is 472 g/mol. The minimum absolute atomic E-state index is 0. The third-order valence-corrected chi connectivity index (χ3v) is 5.90. The van der Waals surface area contributed by atoms with Gasteiger partial charge in [-0.1, -0.05) is 0 Å². The number of nitrogens with one attached hydrogen (secondary N) is 1. The zero-order valence-corrected chi connectivity index (χ0v) is 18.4. The summed E-state index contributed by atoms with van der Waals surface area (Å²) >= 11 is 0. The molecule has 7 heteroatoms. The van der Waals surface area contributed by atoms with Crippen LogP contribution in [0.5, 0.6) is 0 Å². The summed E-state index contributed by atoms with van der Waals surface area (Å²) in [5.41, 5.74) is 1.36. The van der Waals surface area contributed by atoms with Crippen molar-refractivity contribution in [2.24, 2.45) is 18.0 Å². The first kappa shape index (κ1) is 19.9. The number of aliphatic imine (C=N–C) groups is 1. The molecule has 6 nitrogen and oxygen atoms in total. The van der Waals surface area contributed by atoms with E-state index < -0.39 is 0 Å². The van der Waals surface area contributed by atoms with Crippen LogP contribution in [0.15, 0.2) is 17.4 Å². The summed E-state index contributed by atoms with van der Waals surface area (Å²) < 4.78 is 1.91. The molecule has 0 spiro atoms. The SMILES string of the molecule is CCNC(=NCC1CCN(C2CC2)C1)N1CCC(c2cnn(C)c2)C1.I. The van der Waals surface area contributed by atoms with E-state index in [1.807, 2.05) is 17.9 Å². The molecule has 2 aliphatic heterocycles. The van der Waals surface area contributed by atoms with Crippen molar-refractivity contribution in [3.05, 3.63) is 18.0 Å². The van der Waals surface area contributed by atoms with Gasteiger partial charge in [0.2, 0.25) is 0 Å². The number of aryl methyl sites for hydroxylation is 1. The molecule has 2 saturated heterocycles. The van der Waals surface area contributed by atoms with Gasteiger partial charge in [0.1, 0.15) is 0 Å². The van der Waals surface area contributed by atoms with Gasteiger partial charge in [-0.2, -0.15) is 5.10 Å². The van der Waals surface area contributed by atoms with Gasteiger partial charge >= 0.3 is 0 Å². The Kier molecular flexibility index (Phi) is 6.82. The highest BCUT2D eigenvalue weighted by molar-refractivity contribution is 14.0. The number of guanidine groups is 1. The summed E-state index contributed by atoms with van der Waals surface area (Å²) in [5, 5.41) is 7.84. The Bertz CT molecular complexity index is 611. The molecule has 2 unspecified atom stereocenters. The molecule has 0 aromatic carbocycles. The molecule has 3 heterocycles. The molecule has 1 N–H and O–H groups in total. The van der Waals surface area contributed by atoms with E-state index in [2.05, 4.69) is 33.3 Å². The van der Waals surface area contributed by atoms with Gasteiger partial charge in [-0.25, -0.2) is 0 Å². The molecule has 1 saturated carbocycles. The fourth-order valence-corrected chi connectivity index (χ4v) is 4.30. The van der Waals surface area contributed by atoms with Crippen molar-refractivity contribution in [1.82, 2.24) is 24.9 Å². The molecule has 26 heavy (non-hydrogen) atoms. The largest absolute Gasteiger partial charge is 0.357 e. The van der Waals surface area contributed by atoms with E-state index in [0.29, 0.717) is 5.92 Å². The van der Waals surface area contributed by atoms with Crippen LogP contribution in [0.2, 0.25) is 0 Å². The van der Waals surface area contributed by atoms with E-state index in [9.17, 15) is 0 Å². The predicted molar refractivity (Wildman–Crippen MR) is 116 cm³/mol. The highest BCUT2D eigenvalue weighted by Gasteiger charge is 2.34. The number of hydrogen-bond donors (Lipinski definition) is 1. The maximum atomic E-state index is 5.01. The maximum absolute atomic E-state index is 5.01. The second-order valence-electron chi connectivity index (χ2n) is 7.95. The van der Waals surface area contributed by atoms with Crippen LogP contribution in [0.1, 0.15) is 44.1 Å². The van der Waals surface area contributed by atoms with Crippen LogP contribution < -0.4 is 5.32 Å². The molecule has 3 fully saturated rings. The lowest BCUT2D eigenvalue weighted by Crippen LogP contribution is -2.40. The van der Waals surface area contributed by atoms with Crippen LogP contribution in [-0.4, -0.2) is 70.9 Å². The second-order valence-corrected chi connectivity index (χ2v) is 7.95. The standard InChI is InChI=1S/C19H32N6.HI/c1-3-20-19(21-10-15-6-8-24(12-15)18-4-5-18)25-9-7-16(14-25)17-11-22-23(2)13-17;/h11,13,15-16,18H,3-10,12,14H2,1-2H3,(H,20,21);1H. The monoisotopic (exact) mass is 472 g/mol. The molecule has 1 aliphatic carbocycles. The van der Waals surface area contributed by atoms with Crippen molar-refractivity contribution < 1.29 is 0 Å². The highest BCUT2D eigenvalue weighted by atomic mass is 127. The molecule has 146 valence electrons. The van der Waals surface area contributed by atoms with E-state index in [1.54, 1.807) is 0 Å². The second kappa shape index (κ2) is 8.91. The minimum Gasteiger partial charge on any atom is -0.357 e. The van der Waals surface area contributed by atoms with Gasteiger partial charge in [0.15, 0.2) is 5.96 Å². The van der Waals surface area contributed by atoms with Crippen molar-refractivity contribution in [2.45, 2.75) is 44.6 Å². The smallest absolute Gasteiger partial charge is 0.193 e. The van der Waals surface area contributed by atoms with Gasteiger partial charge in [0, 0.05) is 57.9 Å². The molecular formula is C19H33IN6. The number of hydrogen-bond acceptors (Lipinski definition) is 3. The first-order chi connectivity index (χ1) is 12.2. The number of rotatable bonds is 5. The molecule has 3 aliphatic rings. The Labute approximate surface area is 174 Å². The minimum atomic E-state index is 0. The summed E-state index contributed by atoms with van der Waals surface area (Å²) in [6, 6.07) is 0.904. The lowest BCUT2D eigenvalue weighted by Gasteiger charge is -2.22. The van der Waals surface area contributed by atoms with Gasteiger partial charge in [-0.3, -0.25) is 9.67 Å². The zero-order valence-electron chi connectivity index (χ0n) is 16.1. The van der Waals surface area contributed by atoms with Crippen molar-refractivity contribution in [3.8, 4) is 0 Å². The molecule has 1 aromatic heterocycles. The predicted octanol–water partition coefficient (Wildman–Crippen LogP) is 2.28. The van der Waals surface area contributed by atoms with Crippen LogP contribution in [0.3, 0.4) is 0 Å². The summed E-state index contributed by atoms with van der Waals surface area (Å²) in [6.45, 7) is 8.75. The fourth-order valence-electron chi connectivity index (χ4n) is 4.30. The molecular weight excluding hydrogens is 439 g/mol. The average Bonchev–Trinajstić information content (AvgIpc) is 3.03. The van der Waals surface area contributed by atoms with E-state index >= 15 is 0 Å². The van der Waals surface area contributed by atoms with Crippen LogP contribution in [-0.2, 0) is 7.05 Å². The van der Waals surface area contributed by atoms with Crippen molar-refractivity contribution in [2.75, 3.05) is 39.3 Å². The Morgan fingerprint density at radius 3 is 2.77 bits per heavy atom. The number of likely N-dealkylation sites (tertiary alicyclic amines) is 2. The Morgan fingerprint density at radius 2 is 2.08 bits per heavy atom. The molecule has 0 bridgehead atoms. The van der Waals surface area contributed by atoms with E-state index in [-0.39, 0.29) is 24.0 Å². The summed E-state index contributed by atoms with van der Waals surface area (Å²) in [5.74, 6) is 2.43. The molecule has 0 radical (unpaired) electrons. The summed E-state index contributed by atoms with van der Waals surface area (Å²) in [4.78, 5) is 10.1. The van der Waals surface area contributed by atoms with E-state index in [4.69, 9.17) is 4.99 Å². The Morgan fingerprint density at radius 1 is 1.23 bits per heavy atom. The number of nitrogens with zero attached hydrogens (tertiary/aromatic N) is 5. The number of halogens is 1. The van der Waals surface area contributed by atoms with E-state index in [0.717, 1.165) is 44.1 Å². The molecule has 4 rings (SSSR count). The maximum Gasteiger partial charge on any atom is 0.193 e. The molecule has 2 atom stereocenters. The third-order valence-electron chi connectivity index (χ3n) is 5.90. The van der Waals surface area contributed by atoms with Crippen LogP contribution in [0, 0.1) is 5.92 Å². The normalized spacial score (nSPS) is 27.0. The summed E-state index contributed by atoms with van der Waals surface area (Å²) in [6.07, 6.45) is 9.52. The quantitative estimate of drug-likeness (QED) is 0.406. The topological polar surface area (TPSA) is 48.7 Å². The Hall–Kier alpha value is -0.830. The third kappa shape index (κ3) is 4.71. The van der Waals surface area contributed by atoms with Gasteiger partial charge in [0.05, 0.1) is 6.20 Å². The molecule has 0 amide bonds. The van der Waals surface area contributed by atoms with Crippen molar-refractivity contribution in [1.29, 1.82) is 0 Å². The van der Waals surface area contributed by atoms with Crippen molar-refractivity contribution >= 4 is 29.9 Å². The lowest BCUT2D eigenvalue weighted by molar-refractivity contribution is 0.315. The zero-order chi connectivity index (χ0) is 17.2. The highest BCUT2D eigenvalue weighted by Crippen LogP contribution is 2.32. The van der Waals surface area contributed by atoms with Gasteiger partial charge < -0.3 is 15.1 Å². The first-order valence-electron chi connectivity index (χ1n) is 9.98. The fraction of sp³-hybridized carbons (Fsp3) is 0.789. The van der Waals surface area contributed by atoms with Gasteiger partial charge in [-0.15, -0.1) is 24.0 Å². The van der Waals surface area contributed by atoms with E-state index in [1.165, 1.54) is 44.3 Å². The van der Waals surface area contributed by atoms with Gasteiger partial charge in [-0.05, 0) is 50.6 Å². The van der Waals surface area contributed by atoms with Crippen LogP contribution in [0.4, 0.5) is 0 Å². The van der Waals surface area contributed by atoms with Gasteiger partial charge in [0.25, 0.3) is 0 Å². The Balaban J connectivity index is 0.00000196. The van der Waals surface area contributed by atoms with Crippen LogP contribution in [0.25, 0.3) is 0 Å².